The number of hydrogen-bond acceptors (Lipinski definition) is 2. The van der Waals surface area contributed by atoms with Gasteiger partial charge in [0.25, 0.3) is 0 Å². The Morgan fingerprint density at radius 1 is 1.67 bits per heavy atom. The molecule has 0 aromatic carbocycles. The average Bonchev–Trinajstić information content (AvgIpc) is 2.18. The van der Waals surface area contributed by atoms with Gasteiger partial charge in [-0.25, -0.2) is 0 Å². The minimum absolute atomic E-state index is 0.606. The maximum Gasteiger partial charge on any atom is 0.0618 e. The maximum absolute atomic E-state index is 5.03. The number of ether oxygens (including phenoxy) is 1. The first-order valence-corrected chi connectivity index (χ1v) is 3.57. The van der Waals surface area contributed by atoms with E-state index in [1.165, 1.54) is 6.42 Å². The molecule has 1 rings (SSSR count). The van der Waals surface area contributed by atoms with Crippen LogP contribution in [0.4, 0.5) is 0 Å². The molecule has 2 heteroatoms. The normalized spacial score (nSPS) is 35.3. The van der Waals surface area contributed by atoms with Crippen molar-refractivity contribution in [2.45, 2.75) is 19.4 Å². The fraction of sp³-hybridized carbons (Fsp3) is 1.00. The second-order valence-corrected chi connectivity index (χ2v) is 2.78. The molecule has 2 atom stereocenters. The minimum atomic E-state index is 0.606. The van der Waals surface area contributed by atoms with Crippen LogP contribution in [0.1, 0.15) is 13.3 Å². The lowest BCUT2D eigenvalue weighted by Gasteiger charge is -2.13. The fourth-order valence-electron chi connectivity index (χ4n) is 1.30. The third-order valence-electron chi connectivity index (χ3n) is 2.04. The molecule has 9 heavy (non-hydrogen) atoms. The van der Waals surface area contributed by atoms with Gasteiger partial charge in [0.05, 0.1) is 6.61 Å². The van der Waals surface area contributed by atoms with Crippen LogP contribution in [0.5, 0.6) is 0 Å². The van der Waals surface area contributed by atoms with Crippen molar-refractivity contribution in [1.82, 2.24) is 5.32 Å². The second-order valence-electron chi connectivity index (χ2n) is 2.78. The molecule has 0 spiro atoms. The molecular formula is C7H15NO. The average molecular weight is 129 g/mol. The molecule has 1 aliphatic heterocycles. The van der Waals surface area contributed by atoms with Gasteiger partial charge in [0.1, 0.15) is 0 Å². The lowest BCUT2D eigenvalue weighted by molar-refractivity contribution is 0.160. The van der Waals surface area contributed by atoms with Gasteiger partial charge in [0, 0.05) is 13.2 Å². The van der Waals surface area contributed by atoms with Crippen molar-refractivity contribution in [2.24, 2.45) is 5.92 Å². The van der Waals surface area contributed by atoms with Gasteiger partial charge < -0.3 is 10.1 Å². The predicted octanol–water partition coefficient (Wildman–Crippen LogP) is 0.631. The summed E-state index contributed by atoms with van der Waals surface area (Å²) in [5.41, 5.74) is 0. The highest BCUT2D eigenvalue weighted by Gasteiger charge is 2.21. The van der Waals surface area contributed by atoms with Crippen LogP contribution in [0.25, 0.3) is 0 Å². The Morgan fingerprint density at radius 3 is 2.89 bits per heavy atom. The smallest absolute Gasteiger partial charge is 0.0618 e. The highest BCUT2D eigenvalue weighted by Crippen LogP contribution is 2.13. The van der Waals surface area contributed by atoms with Gasteiger partial charge in [-0.1, -0.05) is 6.92 Å². The molecule has 0 aromatic heterocycles. The number of nitrogens with one attached hydrogen (secondary N) is 1. The highest BCUT2D eigenvalue weighted by atomic mass is 16.5. The summed E-state index contributed by atoms with van der Waals surface area (Å²) >= 11 is 0. The molecule has 2 nitrogen and oxygen atoms in total. The van der Waals surface area contributed by atoms with Crippen molar-refractivity contribution < 1.29 is 4.74 Å². The molecular weight excluding hydrogens is 114 g/mol. The maximum atomic E-state index is 5.03. The molecule has 1 fully saturated rings. The Hall–Kier alpha value is -0.0800. The molecule has 1 N–H and O–H groups in total. The molecule has 0 bridgehead atoms. The predicted molar refractivity (Wildman–Crippen MR) is 37.4 cm³/mol. The van der Waals surface area contributed by atoms with E-state index in [-0.39, 0.29) is 0 Å². The van der Waals surface area contributed by atoms with E-state index in [0.717, 1.165) is 19.1 Å². The minimum Gasteiger partial charge on any atom is -0.383 e. The monoisotopic (exact) mass is 129 g/mol. The summed E-state index contributed by atoms with van der Waals surface area (Å²) in [6, 6.07) is 0.606. The van der Waals surface area contributed by atoms with Crippen LogP contribution in [0.2, 0.25) is 0 Å². The van der Waals surface area contributed by atoms with E-state index in [0.29, 0.717) is 6.04 Å². The summed E-state index contributed by atoms with van der Waals surface area (Å²) < 4.78 is 5.03. The van der Waals surface area contributed by atoms with Crippen LogP contribution >= 0.6 is 0 Å². The molecule has 0 radical (unpaired) electrons. The van der Waals surface area contributed by atoms with E-state index in [1.807, 2.05) is 0 Å². The standard InChI is InChI=1S/C7H15NO/c1-6-3-4-8-7(6)5-9-2/h6-8H,3-5H2,1-2H3. The van der Waals surface area contributed by atoms with Crippen molar-refractivity contribution in [3.63, 3.8) is 0 Å². The first-order chi connectivity index (χ1) is 4.34. The van der Waals surface area contributed by atoms with Crippen molar-refractivity contribution in [1.29, 1.82) is 0 Å². The number of rotatable bonds is 2. The number of methoxy groups -OCH3 is 1. The van der Waals surface area contributed by atoms with E-state index in [9.17, 15) is 0 Å². The van der Waals surface area contributed by atoms with Crippen molar-refractivity contribution in [3.8, 4) is 0 Å². The Bertz CT molecular complexity index is 85.0. The lowest BCUT2D eigenvalue weighted by Crippen LogP contribution is -2.30. The molecule has 0 aromatic rings. The quantitative estimate of drug-likeness (QED) is 0.590. The van der Waals surface area contributed by atoms with E-state index >= 15 is 0 Å². The van der Waals surface area contributed by atoms with Gasteiger partial charge in [-0.2, -0.15) is 0 Å². The highest BCUT2D eigenvalue weighted by molar-refractivity contribution is 4.79. The first-order valence-electron chi connectivity index (χ1n) is 3.57. The third kappa shape index (κ3) is 1.66. The van der Waals surface area contributed by atoms with Gasteiger partial charge in [0.2, 0.25) is 0 Å². The Morgan fingerprint density at radius 2 is 2.44 bits per heavy atom. The lowest BCUT2D eigenvalue weighted by atomic mass is 10.0. The molecule has 2 unspecified atom stereocenters. The molecule has 1 heterocycles. The Balaban J connectivity index is 2.22. The van der Waals surface area contributed by atoms with Crippen molar-refractivity contribution in [3.05, 3.63) is 0 Å². The molecule has 0 amide bonds. The third-order valence-corrected chi connectivity index (χ3v) is 2.04. The topological polar surface area (TPSA) is 21.3 Å². The van der Waals surface area contributed by atoms with E-state index < -0.39 is 0 Å². The van der Waals surface area contributed by atoms with Gasteiger partial charge in [0.15, 0.2) is 0 Å². The zero-order chi connectivity index (χ0) is 6.69. The van der Waals surface area contributed by atoms with Crippen LogP contribution in [-0.2, 0) is 4.74 Å². The number of hydrogen-bond donors (Lipinski definition) is 1. The fourth-order valence-corrected chi connectivity index (χ4v) is 1.30. The summed E-state index contributed by atoms with van der Waals surface area (Å²) in [5.74, 6) is 0.796. The Labute approximate surface area is 56.6 Å². The molecule has 1 saturated heterocycles. The van der Waals surface area contributed by atoms with Crippen molar-refractivity contribution in [2.75, 3.05) is 20.3 Å². The summed E-state index contributed by atoms with van der Waals surface area (Å²) in [6.45, 7) is 4.29. The summed E-state index contributed by atoms with van der Waals surface area (Å²) in [7, 11) is 1.76. The second kappa shape index (κ2) is 3.18. The van der Waals surface area contributed by atoms with Crippen LogP contribution in [0.3, 0.4) is 0 Å². The SMILES string of the molecule is COCC1NCCC1C. The summed E-state index contributed by atoms with van der Waals surface area (Å²) in [6.07, 6.45) is 1.30. The van der Waals surface area contributed by atoms with Gasteiger partial charge in [-0.3, -0.25) is 0 Å². The zero-order valence-corrected chi connectivity index (χ0v) is 6.18. The van der Waals surface area contributed by atoms with Crippen LogP contribution in [0, 0.1) is 5.92 Å². The van der Waals surface area contributed by atoms with Crippen LogP contribution in [0.15, 0.2) is 0 Å². The molecule has 54 valence electrons. The zero-order valence-electron chi connectivity index (χ0n) is 6.18. The van der Waals surface area contributed by atoms with Gasteiger partial charge in [-0.15, -0.1) is 0 Å². The van der Waals surface area contributed by atoms with Crippen LogP contribution < -0.4 is 5.32 Å². The molecule has 0 aliphatic carbocycles. The van der Waals surface area contributed by atoms with Gasteiger partial charge >= 0.3 is 0 Å². The van der Waals surface area contributed by atoms with E-state index in [1.54, 1.807) is 7.11 Å². The largest absolute Gasteiger partial charge is 0.383 e. The molecule has 1 aliphatic rings. The van der Waals surface area contributed by atoms with E-state index in [4.69, 9.17) is 4.74 Å². The Kier molecular flexibility index (Phi) is 2.49. The van der Waals surface area contributed by atoms with E-state index in [2.05, 4.69) is 12.2 Å². The first kappa shape index (κ1) is 7.03. The van der Waals surface area contributed by atoms with Crippen molar-refractivity contribution >= 4 is 0 Å². The summed E-state index contributed by atoms with van der Waals surface area (Å²) in [4.78, 5) is 0. The van der Waals surface area contributed by atoms with Gasteiger partial charge in [-0.05, 0) is 18.9 Å². The molecule has 0 saturated carbocycles. The van der Waals surface area contributed by atoms with Crippen LogP contribution in [-0.4, -0.2) is 26.3 Å². The summed E-state index contributed by atoms with van der Waals surface area (Å²) in [5, 5.41) is 3.38.